The zero-order chi connectivity index (χ0) is 13.6. The number of ketones is 1. The molecule has 4 bridgehead atoms. The van der Waals surface area contributed by atoms with Crippen LogP contribution in [0.3, 0.4) is 0 Å². The number of hydrogen-bond acceptors (Lipinski definition) is 3. The van der Waals surface area contributed by atoms with Crippen molar-refractivity contribution in [3.8, 4) is 0 Å². The van der Waals surface area contributed by atoms with Gasteiger partial charge in [0.1, 0.15) is 17.3 Å². The topological polar surface area (TPSA) is 43.4 Å². The van der Waals surface area contributed by atoms with E-state index in [4.69, 9.17) is 4.74 Å². The summed E-state index contributed by atoms with van der Waals surface area (Å²) in [7, 11) is 0. The first-order valence-corrected chi connectivity index (χ1v) is 7.74. The van der Waals surface area contributed by atoms with Gasteiger partial charge in [-0.3, -0.25) is 9.59 Å². The van der Waals surface area contributed by atoms with E-state index >= 15 is 0 Å². The molecule has 0 spiro atoms. The molecule has 3 heteroatoms. The van der Waals surface area contributed by atoms with Crippen molar-refractivity contribution < 1.29 is 14.3 Å². The molecule has 0 saturated heterocycles. The zero-order valence-corrected chi connectivity index (χ0v) is 12.0. The van der Waals surface area contributed by atoms with Crippen molar-refractivity contribution in [1.29, 1.82) is 0 Å². The third-order valence-corrected chi connectivity index (χ3v) is 5.48. The molecule has 3 nitrogen and oxygen atoms in total. The van der Waals surface area contributed by atoms with Crippen LogP contribution in [0.25, 0.3) is 0 Å². The normalized spacial score (nSPS) is 41.1. The quantitative estimate of drug-likeness (QED) is 0.579. The van der Waals surface area contributed by atoms with Crippen LogP contribution in [0.15, 0.2) is 0 Å². The second-order valence-electron chi connectivity index (χ2n) is 7.09. The van der Waals surface area contributed by atoms with Gasteiger partial charge in [-0.1, -0.05) is 6.92 Å². The Labute approximate surface area is 115 Å². The Morgan fingerprint density at radius 1 is 1.11 bits per heavy atom. The second kappa shape index (κ2) is 4.60. The van der Waals surface area contributed by atoms with Gasteiger partial charge in [0.25, 0.3) is 0 Å². The molecule has 0 aliphatic heterocycles. The predicted octanol–water partition coefficient (Wildman–Crippen LogP) is 3.11. The summed E-state index contributed by atoms with van der Waals surface area (Å²) in [6.45, 7) is 3.38. The molecular weight excluding hydrogens is 240 g/mol. The van der Waals surface area contributed by atoms with Crippen molar-refractivity contribution >= 4 is 11.8 Å². The highest BCUT2D eigenvalue weighted by Gasteiger charge is 2.53. The first-order chi connectivity index (χ1) is 9.01. The monoisotopic (exact) mass is 264 g/mol. The number of rotatable bonds is 4. The molecule has 0 N–H and O–H groups in total. The summed E-state index contributed by atoms with van der Waals surface area (Å²) >= 11 is 0. The fourth-order valence-electron chi connectivity index (χ4n) is 5.06. The fourth-order valence-corrected chi connectivity index (χ4v) is 5.06. The van der Waals surface area contributed by atoms with Gasteiger partial charge >= 0.3 is 5.97 Å². The van der Waals surface area contributed by atoms with E-state index in [1.54, 1.807) is 0 Å². The number of carbonyl (C=O) groups is 2. The molecule has 106 valence electrons. The van der Waals surface area contributed by atoms with E-state index < -0.39 is 5.92 Å². The van der Waals surface area contributed by atoms with E-state index in [0.717, 1.165) is 37.0 Å². The van der Waals surface area contributed by atoms with Crippen molar-refractivity contribution in [2.45, 2.75) is 64.4 Å². The van der Waals surface area contributed by atoms with Crippen molar-refractivity contribution in [2.75, 3.05) is 0 Å². The van der Waals surface area contributed by atoms with E-state index in [0.29, 0.717) is 6.42 Å². The van der Waals surface area contributed by atoms with E-state index in [1.807, 2.05) is 6.92 Å². The maximum atomic E-state index is 12.3. The zero-order valence-electron chi connectivity index (χ0n) is 12.0. The number of hydrogen-bond donors (Lipinski definition) is 0. The molecule has 19 heavy (non-hydrogen) atoms. The Bertz CT molecular complexity index is 364. The van der Waals surface area contributed by atoms with Gasteiger partial charge in [0.05, 0.1) is 0 Å². The minimum absolute atomic E-state index is 0.0581. The molecule has 0 heterocycles. The van der Waals surface area contributed by atoms with Crippen molar-refractivity contribution in [3.05, 3.63) is 0 Å². The Kier molecular flexibility index (Phi) is 3.18. The van der Waals surface area contributed by atoms with Crippen LogP contribution in [0.5, 0.6) is 0 Å². The minimum atomic E-state index is -0.548. The third-order valence-electron chi connectivity index (χ3n) is 5.48. The Hall–Kier alpha value is -0.860. The molecular formula is C16H24O3. The molecule has 4 fully saturated rings. The lowest BCUT2D eigenvalue weighted by atomic mass is 9.54. The van der Waals surface area contributed by atoms with Gasteiger partial charge in [-0.25, -0.2) is 0 Å². The van der Waals surface area contributed by atoms with Crippen LogP contribution in [0.4, 0.5) is 0 Å². The summed E-state index contributed by atoms with van der Waals surface area (Å²) in [5, 5.41) is 0. The number of Topliss-reactive ketones (excluding diaryl/α,β-unsaturated/α-hetero) is 1. The van der Waals surface area contributed by atoms with Crippen LogP contribution < -0.4 is 0 Å². The van der Waals surface area contributed by atoms with Crippen molar-refractivity contribution in [3.63, 3.8) is 0 Å². The van der Waals surface area contributed by atoms with Gasteiger partial charge in [-0.05, 0) is 69.6 Å². The summed E-state index contributed by atoms with van der Waals surface area (Å²) in [6.07, 6.45) is 7.68. The van der Waals surface area contributed by atoms with Gasteiger partial charge < -0.3 is 4.74 Å². The highest BCUT2D eigenvalue weighted by molar-refractivity contribution is 5.97. The molecule has 4 aliphatic carbocycles. The van der Waals surface area contributed by atoms with Gasteiger partial charge in [0.2, 0.25) is 0 Å². The molecule has 0 aromatic heterocycles. The standard InChI is InChI=1S/C16H24O3/c1-3-14(10(2)17)15(18)19-16-7-11-4-12(8-16)6-13(5-11)9-16/h11-14H,3-9H2,1-2H3. The van der Waals surface area contributed by atoms with E-state index in [-0.39, 0.29) is 17.4 Å². The summed E-state index contributed by atoms with van der Waals surface area (Å²) in [6, 6.07) is 0. The summed E-state index contributed by atoms with van der Waals surface area (Å²) in [4.78, 5) is 23.8. The van der Waals surface area contributed by atoms with Crippen LogP contribution in [0.1, 0.15) is 58.8 Å². The molecule has 4 rings (SSSR count). The van der Waals surface area contributed by atoms with Crippen LogP contribution in [0.2, 0.25) is 0 Å². The Morgan fingerprint density at radius 2 is 1.58 bits per heavy atom. The molecule has 0 aromatic carbocycles. The molecule has 0 aromatic rings. The van der Waals surface area contributed by atoms with Crippen LogP contribution in [0, 0.1) is 23.7 Å². The van der Waals surface area contributed by atoms with Crippen LogP contribution in [-0.2, 0) is 14.3 Å². The molecule has 0 amide bonds. The van der Waals surface area contributed by atoms with E-state index in [9.17, 15) is 9.59 Å². The number of ether oxygens (including phenoxy) is 1. The lowest BCUT2D eigenvalue weighted by Gasteiger charge is -2.55. The Balaban J connectivity index is 1.72. The van der Waals surface area contributed by atoms with E-state index in [2.05, 4.69) is 0 Å². The average Bonchev–Trinajstić information content (AvgIpc) is 2.25. The minimum Gasteiger partial charge on any atom is -0.459 e. The molecule has 4 aliphatic rings. The first kappa shape index (κ1) is 13.1. The lowest BCUT2D eigenvalue weighted by molar-refractivity contribution is -0.191. The second-order valence-corrected chi connectivity index (χ2v) is 7.09. The van der Waals surface area contributed by atoms with Crippen molar-refractivity contribution in [1.82, 2.24) is 0 Å². The maximum absolute atomic E-state index is 12.3. The first-order valence-electron chi connectivity index (χ1n) is 7.74. The highest BCUT2D eigenvalue weighted by atomic mass is 16.6. The lowest BCUT2D eigenvalue weighted by Crippen LogP contribution is -2.53. The number of carbonyl (C=O) groups excluding carboxylic acids is 2. The van der Waals surface area contributed by atoms with Gasteiger partial charge in [-0.2, -0.15) is 0 Å². The summed E-state index contributed by atoms with van der Waals surface area (Å²) in [5.41, 5.74) is -0.214. The van der Waals surface area contributed by atoms with Crippen LogP contribution >= 0.6 is 0 Å². The third kappa shape index (κ3) is 2.32. The van der Waals surface area contributed by atoms with Crippen LogP contribution in [-0.4, -0.2) is 17.4 Å². The van der Waals surface area contributed by atoms with Gasteiger partial charge in [-0.15, -0.1) is 0 Å². The summed E-state index contributed by atoms with van der Waals surface area (Å²) in [5.74, 6) is 1.41. The smallest absolute Gasteiger partial charge is 0.316 e. The van der Waals surface area contributed by atoms with Gasteiger partial charge in [0, 0.05) is 0 Å². The predicted molar refractivity (Wildman–Crippen MR) is 71.5 cm³/mol. The summed E-state index contributed by atoms with van der Waals surface area (Å²) < 4.78 is 5.91. The fraction of sp³-hybridized carbons (Fsp3) is 0.875. The number of esters is 1. The average molecular weight is 264 g/mol. The maximum Gasteiger partial charge on any atom is 0.316 e. The Morgan fingerprint density at radius 3 is 1.95 bits per heavy atom. The molecule has 0 radical (unpaired) electrons. The molecule has 1 atom stereocenters. The SMILES string of the molecule is CCC(C(C)=O)C(=O)OC12CC3CC(CC(C3)C1)C2. The van der Waals surface area contributed by atoms with Crippen molar-refractivity contribution in [2.24, 2.45) is 23.7 Å². The largest absolute Gasteiger partial charge is 0.459 e. The van der Waals surface area contributed by atoms with Gasteiger partial charge in [0.15, 0.2) is 0 Å². The highest BCUT2D eigenvalue weighted by Crippen LogP contribution is 2.57. The molecule has 4 saturated carbocycles. The van der Waals surface area contributed by atoms with E-state index in [1.165, 1.54) is 26.2 Å². The molecule has 1 unspecified atom stereocenters.